The third-order valence-corrected chi connectivity index (χ3v) is 3.15. The summed E-state index contributed by atoms with van der Waals surface area (Å²) < 4.78 is 62.6. The van der Waals surface area contributed by atoms with Crippen LogP contribution in [0.1, 0.15) is 5.56 Å². The Bertz CT molecular complexity index is 427. The van der Waals surface area contributed by atoms with Crippen molar-refractivity contribution in [1.82, 2.24) is 0 Å². The van der Waals surface area contributed by atoms with Gasteiger partial charge in [-0.3, -0.25) is 0 Å². The number of halogens is 5. The lowest BCUT2D eigenvalue weighted by Crippen LogP contribution is -2.34. The number of hydrogen-bond acceptors (Lipinski definition) is 2. The molecule has 0 aliphatic rings. The van der Waals surface area contributed by atoms with E-state index in [1.165, 1.54) is 24.3 Å². The first-order valence-corrected chi connectivity index (χ1v) is 6.23. The van der Waals surface area contributed by atoms with Gasteiger partial charge in [-0.05, 0) is 5.56 Å². The maximum Gasteiger partial charge on any atom is 0.457 e. The molecule has 1 aromatic carbocycles. The quantitative estimate of drug-likeness (QED) is 0.831. The minimum atomic E-state index is -5.63. The molecule has 0 fully saturated rings. The molecule has 0 saturated carbocycles. The molecule has 0 spiro atoms. The van der Waals surface area contributed by atoms with E-state index < -0.39 is 12.1 Å². The zero-order chi connectivity index (χ0) is 14.5. The summed E-state index contributed by atoms with van der Waals surface area (Å²) in [6.45, 7) is -0.313. The molecule has 1 nitrogen and oxygen atoms in total. The normalized spacial score (nSPS) is 13.7. The Morgan fingerprint density at radius 3 is 2.16 bits per heavy atom. The molecule has 1 aromatic rings. The van der Waals surface area contributed by atoms with Gasteiger partial charge in [0.2, 0.25) is 0 Å². The average molecular weight is 298 g/mol. The van der Waals surface area contributed by atoms with Crippen molar-refractivity contribution >= 4 is 16.7 Å². The minimum Gasteiger partial charge on any atom is -0.396 e. The molecular weight excluding hydrogens is 287 g/mol. The van der Waals surface area contributed by atoms with Crippen molar-refractivity contribution in [3.05, 3.63) is 42.0 Å². The lowest BCUT2D eigenvalue weighted by atomic mass is 10.2. The molecule has 0 amide bonds. The maximum absolute atomic E-state index is 13.0. The van der Waals surface area contributed by atoms with E-state index in [-0.39, 0.29) is 28.9 Å². The van der Waals surface area contributed by atoms with Crippen LogP contribution in [0.2, 0.25) is 0 Å². The van der Waals surface area contributed by atoms with Crippen LogP contribution in [0.25, 0.3) is 4.91 Å². The van der Waals surface area contributed by atoms with Gasteiger partial charge >= 0.3 is 12.1 Å². The van der Waals surface area contributed by atoms with E-state index in [4.69, 9.17) is 5.11 Å². The van der Waals surface area contributed by atoms with E-state index in [2.05, 4.69) is 0 Å². The second kappa shape index (κ2) is 6.38. The van der Waals surface area contributed by atoms with Gasteiger partial charge in [0.15, 0.2) is 0 Å². The molecule has 0 radical (unpaired) electrons. The number of allylic oxidation sites excluding steroid dienone is 1. The van der Waals surface area contributed by atoms with Gasteiger partial charge < -0.3 is 5.11 Å². The fourth-order valence-electron chi connectivity index (χ4n) is 1.21. The summed E-state index contributed by atoms with van der Waals surface area (Å²) in [4.78, 5) is -0.211. The molecule has 1 rings (SSSR count). The van der Waals surface area contributed by atoms with E-state index in [1.54, 1.807) is 6.07 Å². The highest BCUT2D eigenvalue weighted by atomic mass is 32.2. The summed E-state index contributed by atoms with van der Waals surface area (Å²) in [6, 6.07) is 7.56. The molecule has 106 valence electrons. The van der Waals surface area contributed by atoms with Gasteiger partial charge in [0.1, 0.15) is 0 Å². The van der Waals surface area contributed by atoms with E-state index >= 15 is 0 Å². The van der Waals surface area contributed by atoms with Crippen molar-refractivity contribution in [2.45, 2.75) is 12.1 Å². The summed E-state index contributed by atoms with van der Waals surface area (Å²) in [5.41, 5.74) is 0.255. The van der Waals surface area contributed by atoms with Gasteiger partial charge in [0.25, 0.3) is 0 Å². The Morgan fingerprint density at radius 2 is 1.68 bits per heavy atom. The largest absolute Gasteiger partial charge is 0.457 e. The van der Waals surface area contributed by atoms with Crippen LogP contribution in [0.4, 0.5) is 22.0 Å². The van der Waals surface area contributed by atoms with Crippen molar-refractivity contribution in [3.8, 4) is 0 Å². The van der Waals surface area contributed by atoms with Crippen LogP contribution in [0.15, 0.2) is 36.4 Å². The Morgan fingerprint density at radius 1 is 1.11 bits per heavy atom. The van der Waals surface area contributed by atoms with Crippen LogP contribution in [0, 0.1) is 0 Å². The minimum absolute atomic E-state index is 0.0364. The number of aliphatic hydroxyl groups is 1. The number of rotatable bonds is 5. The lowest BCUT2D eigenvalue weighted by Gasteiger charge is -2.18. The summed E-state index contributed by atoms with van der Waals surface area (Å²) in [5.74, 6) is -4.87. The van der Waals surface area contributed by atoms with Crippen molar-refractivity contribution < 1.29 is 27.1 Å². The zero-order valence-electron chi connectivity index (χ0n) is 9.62. The van der Waals surface area contributed by atoms with Crippen molar-refractivity contribution in [3.63, 3.8) is 0 Å². The fourth-order valence-corrected chi connectivity index (χ4v) is 2.06. The van der Waals surface area contributed by atoms with E-state index in [0.717, 1.165) is 11.8 Å². The number of aliphatic hydroxyl groups excluding tert-OH is 1. The molecule has 7 heteroatoms. The van der Waals surface area contributed by atoms with Crippen molar-refractivity contribution in [2.24, 2.45) is 0 Å². The Kier molecular flexibility index (Phi) is 5.37. The first-order chi connectivity index (χ1) is 8.78. The van der Waals surface area contributed by atoms with Crippen LogP contribution < -0.4 is 0 Å². The highest BCUT2D eigenvalue weighted by Crippen LogP contribution is 2.40. The molecule has 0 bridgehead atoms. The number of thioether (sulfide) groups is 1. The molecule has 1 N–H and O–H groups in total. The van der Waals surface area contributed by atoms with Gasteiger partial charge in [-0.25, -0.2) is 0 Å². The van der Waals surface area contributed by atoms with E-state index in [0.29, 0.717) is 0 Å². The molecule has 0 atom stereocenters. The Labute approximate surface area is 111 Å². The Balaban J connectivity index is 3.11. The fraction of sp³-hybridized carbons (Fsp3) is 0.333. The van der Waals surface area contributed by atoms with Gasteiger partial charge in [0, 0.05) is 16.7 Å². The molecule has 0 aliphatic carbocycles. The van der Waals surface area contributed by atoms with E-state index in [9.17, 15) is 22.0 Å². The summed E-state index contributed by atoms with van der Waals surface area (Å²) in [7, 11) is 0. The molecule has 0 unspecified atom stereocenters. The van der Waals surface area contributed by atoms with Crippen LogP contribution in [-0.2, 0) is 0 Å². The second-order valence-electron chi connectivity index (χ2n) is 3.57. The topological polar surface area (TPSA) is 20.2 Å². The molecule has 0 heterocycles. The van der Waals surface area contributed by atoms with Crippen LogP contribution >= 0.6 is 11.8 Å². The third-order valence-electron chi connectivity index (χ3n) is 2.10. The summed E-state index contributed by atoms with van der Waals surface area (Å²) >= 11 is 0.749. The highest BCUT2D eigenvalue weighted by molar-refractivity contribution is 8.08. The number of alkyl halides is 5. The molecule has 0 aliphatic heterocycles. The van der Waals surface area contributed by atoms with Gasteiger partial charge in [-0.2, -0.15) is 22.0 Å². The lowest BCUT2D eigenvalue weighted by molar-refractivity contribution is -0.258. The number of hydrogen-bond donors (Lipinski definition) is 1. The molecular formula is C12H11F5OS. The standard InChI is InChI=1S/C12H11F5OS/c13-11(14,12(15,16)17)8-10(19-7-6-18)9-4-2-1-3-5-9/h1-5,8,18H,6-7H2/b10-8+. The monoisotopic (exact) mass is 298 g/mol. The van der Waals surface area contributed by atoms with Gasteiger partial charge in [-0.15, -0.1) is 11.8 Å². The second-order valence-corrected chi connectivity index (χ2v) is 4.70. The highest BCUT2D eigenvalue weighted by Gasteiger charge is 2.56. The summed E-state index contributed by atoms with van der Waals surface area (Å²) in [6.07, 6.45) is -5.74. The molecule has 0 saturated heterocycles. The van der Waals surface area contributed by atoms with Crippen LogP contribution in [0.3, 0.4) is 0 Å². The van der Waals surface area contributed by atoms with Crippen molar-refractivity contribution in [1.29, 1.82) is 0 Å². The predicted octanol–water partition coefficient (Wildman–Crippen LogP) is 3.95. The molecule has 0 aromatic heterocycles. The third kappa shape index (κ3) is 4.50. The predicted molar refractivity (Wildman–Crippen MR) is 65.0 cm³/mol. The van der Waals surface area contributed by atoms with Crippen LogP contribution in [-0.4, -0.2) is 29.6 Å². The SMILES string of the molecule is OCCS/C(=C/C(F)(F)C(F)(F)F)c1ccccc1. The summed E-state index contributed by atoms with van der Waals surface area (Å²) in [5, 5.41) is 8.66. The van der Waals surface area contributed by atoms with E-state index in [1.807, 2.05) is 0 Å². The zero-order valence-corrected chi connectivity index (χ0v) is 10.4. The smallest absolute Gasteiger partial charge is 0.396 e. The first-order valence-electron chi connectivity index (χ1n) is 5.24. The first kappa shape index (κ1) is 16.0. The van der Waals surface area contributed by atoms with Gasteiger partial charge in [0.05, 0.1) is 6.61 Å². The maximum atomic E-state index is 13.0. The van der Waals surface area contributed by atoms with Crippen molar-refractivity contribution in [2.75, 3.05) is 12.4 Å². The Hall–Kier alpha value is -1.08. The molecule has 19 heavy (non-hydrogen) atoms. The van der Waals surface area contributed by atoms with Crippen LogP contribution in [0.5, 0.6) is 0 Å². The number of benzene rings is 1. The van der Waals surface area contributed by atoms with Gasteiger partial charge in [-0.1, -0.05) is 30.3 Å². The average Bonchev–Trinajstić information content (AvgIpc) is 2.34.